The van der Waals surface area contributed by atoms with Gasteiger partial charge in [0.05, 0.1) is 0 Å². The Kier molecular flexibility index (Phi) is 3.44. The Hall–Kier alpha value is -2.64. The van der Waals surface area contributed by atoms with E-state index in [0.717, 1.165) is 12.3 Å². The van der Waals surface area contributed by atoms with E-state index in [9.17, 15) is 18.0 Å². The number of amides is 1. The predicted molar refractivity (Wildman–Crippen MR) is 73.7 cm³/mol. The van der Waals surface area contributed by atoms with Gasteiger partial charge in [-0.1, -0.05) is 6.07 Å². The monoisotopic (exact) mass is 308 g/mol. The van der Waals surface area contributed by atoms with Crippen molar-refractivity contribution in [3.8, 4) is 0 Å². The third-order valence-electron chi connectivity index (χ3n) is 3.21. The summed E-state index contributed by atoms with van der Waals surface area (Å²) < 4.78 is 37.8. The second-order valence-electron chi connectivity index (χ2n) is 4.73. The lowest BCUT2D eigenvalue weighted by Crippen LogP contribution is -2.43. The Bertz CT molecular complexity index is 717. The zero-order chi connectivity index (χ0) is 15.7. The van der Waals surface area contributed by atoms with Gasteiger partial charge in [0.15, 0.2) is 0 Å². The van der Waals surface area contributed by atoms with Crippen molar-refractivity contribution in [2.24, 2.45) is 0 Å². The van der Waals surface area contributed by atoms with Crippen LogP contribution >= 0.6 is 0 Å². The zero-order valence-electron chi connectivity index (χ0n) is 11.3. The quantitative estimate of drug-likeness (QED) is 0.886. The summed E-state index contributed by atoms with van der Waals surface area (Å²) in [5.74, 6) is -0.130. The number of anilines is 3. The molecule has 0 aliphatic carbocycles. The molecule has 114 valence electrons. The van der Waals surface area contributed by atoms with Crippen molar-refractivity contribution in [2.75, 3.05) is 16.8 Å². The maximum Gasteiger partial charge on any atom is 0.433 e. The van der Waals surface area contributed by atoms with Crippen molar-refractivity contribution in [3.05, 3.63) is 42.2 Å². The minimum absolute atomic E-state index is 0.0208. The van der Waals surface area contributed by atoms with Gasteiger partial charge in [0.25, 0.3) is 0 Å². The Morgan fingerprint density at radius 3 is 2.68 bits per heavy atom. The number of benzene rings is 1. The first kappa shape index (κ1) is 14.3. The minimum Gasteiger partial charge on any atom is -0.324 e. The third-order valence-corrected chi connectivity index (χ3v) is 3.21. The summed E-state index contributed by atoms with van der Waals surface area (Å²) in [6.45, 7) is 0.641. The number of alkyl halides is 3. The van der Waals surface area contributed by atoms with Gasteiger partial charge in [-0.3, -0.25) is 4.79 Å². The van der Waals surface area contributed by atoms with Crippen LogP contribution in [0.25, 0.3) is 0 Å². The first-order valence-corrected chi connectivity index (χ1v) is 6.51. The fourth-order valence-corrected chi connectivity index (χ4v) is 2.05. The van der Waals surface area contributed by atoms with Gasteiger partial charge in [-0.2, -0.15) is 13.2 Å². The van der Waals surface area contributed by atoms with E-state index in [0.29, 0.717) is 24.3 Å². The Balaban J connectivity index is 1.81. The van der Waals surface area contributed by atoms with E-state index >= 15 is 0 Å². The molecule has 0 spiro atoms. The summed E-state index contributed by atoms with van der Waals surface area (Å²) >= 11 is 0. The van der Waals surface area contributed by atoms with Crippen LogP contribution in [0.5, 0.6) is 0 Å². The van der Waals surface area contributed by atoms with Crippen molar-refractivity contribution in [2.45, 2.75) is 12.6 Å². The second-order valence-corrected chi connectivity index (χ2v) is 4.73. The number of carbonyl (C=O) groups is 1. The number of carbonyl (C=O) groups excluding carboxylic acids is 1. The predicted octanol–water partition coefficient (Wildman–Crippen LogP) is 2.98. The minimum atomic E-state index is -4.52. The molecule has 1 amide bonds. The van der Waals surface area contributed by atoms with Gasteiger partial charge in [-0.15, -0.1) is 0 Å². The summed E-state index contributed by atoms with van der Waals surface area (Å²) in [6, 6.07) is 7.60. The smallest absolute Gasteiger partial charge is 0.324 e. The van der Waals surface area contributed by atoms with E-state index in [1.54, 1.807) is 29.2 Å². The summed E-state index contributed by atoms with van der Waals surface area (Å²) in [5.41, 5.74) is 0.184. The third kappa shape index (κ3) is 2.85. The molecule has 0 saturated carbocycles. The lowest BCUT2D eigenvalue weighted by molar-refractivity contribution is -0.141. The number of hydrogen-bond donors (Lipinski definition) is 1. The molecule has 0 bridgehead atoms. The normalized spacial score (nSPS) is 14.7. The molecule has 3 rings (SSSR count). The maximum atomic E-state index is 12.6. The van der Waals surface area contributed by atoms with Gasteiger partial charge in [-0.05, 0) is 24.3 Å². The topological polar surface area (TPSA) is 58.1 Å². The van der Waals surface area contributed by atoms with Crippen LogP contribution < -0.4 is 10.2 Å². The van der Waals surface area contributed by atoms with Crippen molar-refractivity contribution < 1.29 is 18.0 Å². The Morgan fingerprint density at radius 1 is 1.23 bits per heavy atom. The molecule has 1 fully saturated rings. The van der Waals surface area contributed by atoms with Gasteiger partial charge < -0.3 is 10.2 Å². The highest BCUT2D eigenvalue weighted by Gasteiger charge is 2.32. The zero-order valence-corrected chi connectivity index (χ0v) is 11.3. The molecule has 8 heteroatoms. The molecule has 1 aliphatic rings. The molecule has 0 atom stereocenters. The number of aromatic nitrogens is 2. The van der Waals surface area contributed by atoms with Crippen molar-refractivity contribution in [1.29, 1.82) is 0 Å². The summed E-state index contributed by atoms with van der Waals surface area (Å²) in [5, 5.41) is 2.71. The molecular weight excluding hydrogens is 297 g/mol. The molecule has 1 aromatic carbocycles. The second kappa shape index (κ2) is 5.28. The summed E-state index contributed by atoms with van der Waals surface area (Å²) in [7, 11) is 0. The lowest BCUT2D eigenvalue weighted by Gasteiger charge is -2.30. The lowest BCUT2D eigenvalue weighted by atomic mass is 10.1. The number of rotatable bonds is 3. The Morgan fingerprint density at radius 2 is 2.05 bits per heavy atom. The first-order valence-electron chi connectivity index (χ1n) is 6.51. The van der Waals surface area contributed by atoms with Crippen molar-refractivity contribution in [1.82, 2.24) is 9.97 Å². The van der Waals surface area contributed by atoms with Crippen LogP contribution in [-0.4, -0.2) is 22.4 Å². The fourth-order valence-electron chi connectivity index (χ4n) is 2.05. The van der Waals surface area contributed by atoms with Gasteiger partial charge in [-0.25, -0.2) is 9.97 Å². The highest BCUT2D eigenvalue weighted by molar-refractivity contribution is 5.99. The molecule has 0 unspecified atom stereocenters. The van der Waals surface area contributed by atoms with E-state index in [-0.39, 0.29) is 11.9 Å². The molecule has 5 nitrogen and oxygen atoms in total. The number of halogens is 3. The van der Waals surface area contributed by atoms with Crippen LogP contribution in [0.2, 0.25) is 0 Å². The highest BCUT2D eigenvalue weighted by atomic mass is 19.4. The van der Waals surface area contributed by atoms with Crippen LogP contribution in [0.3, 0.4) is 0 Å². The molecule has 1 saturated heterocycles. The average Bonchev–Trinajstić information content (AvgIpc) is 2.45. The summed E-state index contributed by atoms with van der Waals surface area (Å²) in [4.78, 5) is 20.2. The summed E-state index contributed by atoms with van der Waals surface area (Å²) in [6.07, 6.45) is -2.97. The van der Waals surface area contributed by atoms with Gasteiger partial charge in [0.2, 0.25) is 11.9 Å². The van der Waals surface area contributed by atoms with E-state index in [1.165, 1.54) is 0 Å². The van der Waals surface area contributed by atoms with E-state index in [1.807, 2.05) is 0 Å². The van der Waals surface area contributed by atoms with Gasteiger partial charge >= 0.3 is 6.18 Å². The molecule has 0 radical (unpaired) electrons. The maximum absolute atomic E-state index is 12.6. The number of hydrogen-bond acceptors (Lipinski definition) is 4. The number of nitrogens with zero attached hydrogens (tertiary/aromatic N) is 3. The first-order chi connectivity index (χ1) is 10.4. The molecule has 2 heterocycles. The van der Waals surface area contributed by atoms with E-state index in [2.05, 4.69) is 15.3 Å². The largest absolute Gasteiger partial charge is 0.433 e. The van der Waals surface area contributed by atoms with E-state index < -0.39 is 11.9 Å². The number of β-lactam (4-membered cyclic amide) rings is 1. The fraction of sp³-hybridized carbons (Fsp3) is 0.214. The van der Waals surface area contributed by atoms with Crippen molar-refractivity contribution >= 4 is 23.2 Å². The average molecular weight is 308 g/mol. The molecule has 1 aromatic heterocycles. The van der Waals surface area contributed by atoms with E-state index in [4.69, 9.17) is 0 Å². The van der Waals surface area contributed by atoms with Gasteiger partial charge in [0.1, 0.15) is 5.69 Å². The SMILES string of the molecule is O=C1CCN1c1cccc(Nc2nccc(C(F)(F)F)n2)c1. The van der Waals surface area contributed by atoms with Gasteiger partial charge in [0, 0.05) is 30.5 Å². The van der Waals surface area contributed by atoms with Crippen LogP contribution in [-0.2, 0) is 11.0 Å². The van der Waals surface area contributed by atoms with Crippen LogP contribution in [0.15, 0.2) is 36.5 Å². The molecule has 1 aliphatic heterocycles. The highest BCUT2D eigenvalue weighted by Crippen LogP contribution is 2.29. The Labute approximate surface area is 123 Å². The molecule has 1 N–H and O–H groups in total. The molecule has 22 heavy (non-hydrogen) atoms. The van der Waals surface area contributed by atoms with Crippen LogP contribution in [0.4, 0.5) is 30.5 Å². The molecule has 2 aromatic rings. The van der Waals surface area contributed by atoms with Crippen LogP contribution in [0, 0.1) is 0 Å². The standard InChI is InChI=1S/C14H11F3N4O/c15-14(16,17)11-4-6-18-13(20-11)19-9-2-1-3-10(8-9)21-7-5-12(21)22/h1-4,6,8H,5,7H2,(H,18,19,20). The van der Waals surface area contributed by atoms with Crippen LogP contribution in [0.1, 0.15) is 12.1 Å². The number of nitrogens with one attached hydrogen (secondary N) is 1. The molecular formula is C14H11F3N4O. The van der Waals surface area contributed by atoms with Crippen molar-refractivity contribution in [3.63, 3.8) is 0 Å².